The molecule has 5 nitrogen and oxygen atoms in total. The number of rotatable bonds is 6. The average Bonchev–Trinajstić information content (AvgIpc) is 2.81. The summed E-state index contributed by atoms with van der Waals surface area (Å²) in [5.74, 6) is 0.970. The molecular formula is C17H22N2O3. The third-order valence-corrected chi connectivity index (χ3v) is 3.60. The molecule has 118 valence electrons. The lowest BCUT2D eigenvalue weighted by Gasteiger charge is -2.10. The van der Waals surface area contributed by atoms with E-state index in [9.17, 15) is 4.79 Å². The van der Waals surface area contributed by atoms with Crippen LogP contribution in [0.1, 0.15) is 35.1 Å². The summed E-state index contributed by atoms with van der Waals surface area (Å²) in [4.78, 5) is 12.3. The number of nitrogens with zero attached hydrogens (tertiary/aromatic N) is 2. The van der Waals surface area contributed by atoms with Crippen LogP contribution in [-0.4, -0.2) is 29.4 Å². The minimum absolute atomic E-state index is 0.0755. The van der Waals surface area contributed by atoms with Gasteiger partial charge in [0, 0.05) is 5.69 Å². The van der Waals surface area contributed by atoms with Crippen molar-refractivity contribution in [2.24, 2.45) is 0 Å². The monoisotopic (exact) mass is 302 g/mol. The Balaban J connectivity index is 2.11. The molecule has 0 saturated heterocycles. The van der Waals surface area contributed by atoms with Gasteiger partial charge in [0.05, 0.1) is 12.8 Å². The normalized spacial score (nSPS) is 10.5. The first-order chi connectivity index (χ1) is 10.6. The molecule has 0 fully saturated rings. The van der Waals surface area contributed by atoms with Crippen LogP contribution in [0.2, 0.25) is 0 Å². The van der Waals surface area contributed by atoms with E-state index in [-0.39, 0.29) is 12.5 Å². The minimum Gasteiger partial charge on any atom is -0.493 e. The SMILES string of the molecule is CCCc1c(C)nn(C(=O)COc2ccccc2OC)c1C. The molecule has 0 aliphatic carbocycles. The highest BCUT2D eigenvalue weighted by atomic mass is 16.5. The predicted octanol–water partition coefficient (Wildman–Crippen LogP) is 3.18. The first-order valence-corrected chi connectivity index (χ1v) is 7.42. The number of ether oxygens (including phenoxy) is 2. The highest BCUT2D eigenvalue weighted by Crippen LogP contribution is 2.25. The average molecular weight is 302 g/mol. The van der Waals surface area contributed by atoms with Crippen molar-refractivity contribution in [1.82, 2.24) is 9.78 Å². The maximum absolute atomic E-state index is 12.3. The molecule has 1 heterocycles. The van der Waals surface area contributed by atoms with Gasteiger partial charge in [-0.3, -0.25) is 4.79 Å². The van der Waals surface area contributed by atoms with E-state index in [4.69, 9.17) is 9.47 Å². The fourth-order valence-corrected chi connectivity index (χ4v) is 2.47. The van der Waals surface area contributed by atoms with Crippen LogP contribution in [0.4, 0.5) is 0 Å². The van der Waals surface area contributed by atoms with Crippen molar-refractivity contribution in [2.45, 2.75) is 33.6 Å². The van der Waals surface area contributed by atoms with Crippen LogP contribution in [0, 0.1) is 13.8 Å². The third kappa shape index (κ3) is 3.30. The van der Waals surface area contributed by atoms with Gasteiger partial charge in [-0.05, 0) is 38.0 Å². The van der Waals surface area contributed by atoms with Crippen molar-refractivity contribution in [3.63, 3.8) is 0 Å². The van der Waals surface area contributed by atoms with Crippen LogP contribution >= 0.6 is 0 Å². The number of benzene rings is 1. The largest absolute Gasteiger partial charge is 0.493 e. The van der Waals surface area contributed by atoms with E-state index in [0.717, 1.165) is 29.8 Å². The fourth-order valence-electron chi connectivity index (χ4n) is 2.47. The number of aromatic nitrogens is 2. The van der Waals surface area contributed by atoms with Crippen LogP contribution in [0.15, 0.2) is 24.3 Å². The maximum Gasteiger partial charge on any atom is 0.284 e. The lowest BCUT2D eigenvalue weighted by atomic mass is 10.1. The summed E-state index contributed by atoms with van der Waals surface area (Å²) in [6.45, 7) is 5.89. The topological polar surface area (TPSA) is 53.4 Å². The fraction of sp³-hybridized carbons (Fsp3) is 0.412. The summed E-state index contributed by atoms with van der Waals surface area (Å²) in [5.41, 5.74) is 2.95. The Bertz CT molecular complexity index is 662. The molecule has 2 rings (SSSR count). The first-order valence-electron chi connectivity index (χ1n) is 7.42. The van der Waals surface area contributed by atoms with E-state index < -0.39 is 0 Å². The molecule has 0 aliphatic rings. The predicted molar refractivity (Wildman–Crippen MR) is 84.8 cm³/mol. The summed E-state index contributed by atoms with van der Waals surface area (Å²) in [6.07, 6.45) is 1.96. The molecule has 0 amide bonds. The molecule has 1 aromatic carbocycles. The van der Waals surface area contributed by atoms with Gasteiger partial charge in [-0.2, -0.15) is 5.10 Å². The van der Waals surface area contributed by atoms with Crippen LogP contribution in [0.25, 0.3) is 0 Å². The van der Waals surface area contributed by atoms with Gasteiger partial charge in [-0.1, -0.05) is 25.5 Å². The number of hydrogen-bond donors (Lipinski definition) is 0. The Hall–Kier alpha value is -2.30. The number of carbonyl (C=O) groups excluding carboxylic acids is 1. The van der Waals surface area contributed by atoms with Crippen molar-refractivity contribution in [3.05, 3.63) is 41.2 Å². The lowest BCUT2D eigenvalue weighted by molar-refractivity contribution is 0.0816. The van der Waals surface area contributed by atoms with Gasteiger partial charge < -0.3 is 9.47 Å². The lowest BCUT2D eigenvalue weighted by Crippen LogP contribution is -2.22. The summed E-state index contributed by atoms with van der Waals surface area (Å²) < 4.78 is 12.2. The van der Waals surface area contributed by atoms with E-state index in [0.29, 0.717) is 11.5 Å². The molecule has 0 radical (unpaired) electrons. The molecule has 2 aromatic rings. The van der Waals surface area contributed by atoms with Crippen molar-refractivity contribution in [3.8, 4) is 11.5 Å². The molecule has 22 heavy (non-hydrogen) atoms. The zero-order chi connectivity index (χ0) is 16.1. The highest BCUT2D eigenvalue weighted by Gasteiger charge is 2.17. The third-order valence-electron chi connectivity index (χ3n) is 3.60. The number of para-hydroxylation sites is 2. The van der Waals surface area contributed by atoms with E-state index in [1.807, 2.05) is 26.0 Å². The zero-order valence-electron chi connectivity index (χ0n) is 13.5. The molecule has 0 aliphatic heterocycles. The summed E-state index contributed by atoms with van der Waals surface area (Å²) in [6, 6.07) is 7.26. The van der Waals surface area contributed by atoms with Crippen molar-refractivity contribution in [2.75, 3.05) is 13.7 Å². The number of hydrogen-bond acceptors (Lipinski definition) is 4. The standard InChI is InChI=1S/C17H22N2O3/c1-5-8-14-12(2)18-19(13(14)3)17(20)11-22-16-10-7-6-9-15(16)21-4/h6-7,9-10H,5,8,11H2,1-4H3. The molecular weight excluding hydrogens is 280 g/mol. The van der Waals surface area contributed by atoms with Crippen molar-refractivity contribution < 1.29 is 14.3 Å². The van der Waals surface area contributed by atoms with Crippen molar-refractivity contribution >= 4 is 5.91 Å². The number of aryl methyl sites for hydroxylation is 1. The molecule has 0 N–H and O–H groups in total. The van der Waals surface area contributed by atoms with Crippen LogP contribution in [0.5, 0.6) is 11.5 Å². The van der Waals surface area contributed by atoms with Crippen molar-refractivity contribution in [1.29, 1.82) is 0 Å². The Morgan fingerprint density at radius 1 is 1.23 bits per heavy atom. The highest BCUT2D eigenvalue weighted by molar-refractivity contribution is 5.80. The van der Waals surface area contributed by atoms with E-state index in [2.05, 4.69) is 12.0 Å². The van der Waals surface area contributed by atoms with E-state index in [1.54, 1.807) is 19.2 Å². The van der Waals surface area contributed by atoms with Gasteiger partial charge >= 0.3 is 0 Å². The van der Waals surface area contributed by atoms with Crippen LogP contribution < -0.4 is 9.47 Å². The Morgan fingerprint density at radius 3 is 2.55 bits per heavy atom. The molecule has 0 saturated carbocycles. The maximum atomic E-state index is 12.3. The van der Waals surface area contributed by atoms with Gasteiger partial charge in [0.1, 0.15) is 0 Å². The molecule has 0 unspecified atom stereocenters. The molecule has 0 bridgehead atoms. The second-order valence-corrected chi connectivity index (χ2v) is 5.14. The summed E-state index contributed by atoms with van der Waals surface area (Å²) >= 11 is 0. The zero-order valence-corrected chi connectivity index (χ0v) is 13.5. The Kier molecular flexibility index (Phi) is 5.20. The van der Waals surface area contributed by atoms with Gasteiger partial charge in [0.25, 0.3) is 5.91 Å². The van der Waals surface area contributed by atoms with Crippen LogP contribution in [-0.2, 0) is 6.42 Å². The van der Waals surface area contributed by atoms with Gasteiger partial charge in [-0.15, -0.1) is 0 Å². The second-order valence-electron chi connectivity index (χ2n) is 5.14. The van der Waals surface area contributed by atoms with Gasteiger partial charge in [0.15, 0.2) is 18.1 Å². The van der Waals surface area contributed by atoms with E-state index >= 15 is 0 Å². The number of methoxy groups -OCH3 is 1. The summed E-state index contributed by atoms with van der Waals surface area (Å²) in [5, 5.41) is 4.34. The first kappa shape index (κ1) is 16.1. The summed E-state index contributed by atoms with van der Waals surface area (Å²) in [7, 11) is 1.57. The second kappa shape index (κ2) is 7.11. The quantitative estimate of drug-likeness (QED) is 0.822. The molecule has 5 heteroatoms. The van der Waals surface area contributed by atoms with Gasteiger partial charge in [-0.25, -0.2) is 4.68 Å². The molecule has 0 atom stereocenters. The van der Waals surface area contributed by atoms with Crippen LogP contribution in [0.3, 0.4) is 0 Å². The Morgan fingerprint density at radius 2 is 1.91 bits per heavy atom. The Labute approximate surface area is 130 Å². The van der Waals surface area contributed by atoms with Gasteiger partial charge in [0.2, 0.25) is 0 Å². The minimum atomic E-state index is -0.186. The van der Waals surface area contributed by atoms with E-state index in [1.165, 1.54) is 4.68 Å². The molecule has 0 spiro atoms. The number of carbonyl (C=O) groups is 1. The molecule has 1 aromatic heterocycles. The smallest absolute Gasteiger partial charge is 0.284 e.